The number of aromatic nitrogens is 2. The smallest absolute Gasteiger partial charge is 0.337 e. The van der Waals surface area contributed by atoms with Crippen LogP contribution in [0.15, 0.2) is 48.5 Å². The molecular weight excluding hydrogens is 378 g/mol. The number of para-hydroxylation sites is 1. The van der Waals surface area contributed by atoms with E-state index in [1.807, 2.05) is 13.0 Å². The second-order valence-corrected chi connectivity index (χ2v) is 6.22. The van der Waals surface area contributed by atoms with Crippen molar-refractivity contribution >= 4 is 40.7 Å². The summed E-state index contributed by atoms with van der Waals surface area (Å²) >= 11 is 6.22. The van der Waals surface area contributed by atoms with Crippen LogP contribution < -0.4 is 10.6 Å². The first kappa shape index (κ1) is 19.1. The van der Waals surface area contributed by atoms with E-state index in [1.165, 1.54) is 7.11 Å². The number of halogens is 1. The fraction of sp³-hybridized carbons (Fsp3) is 0.100. The van der Waals surface area contributed by atoms with Crippen molar-refractivity contribution in [3.05, 3.63) is 70.4 Å². The number of nitrogens with one attached hydrogen (secondary N) is 2. The summed E-state index contributed by atoms with van der Waals surface area (Å²) < 4.78 is 4.73. The highest BCUT2D eigenvalue weighted by molar-refractivity contribution is 6.33. The molecule has 1 heterocycles. The van der Waals surface area contributed by atoms with Gasteiger partial charge in [-0.25, -0.2) is 9.78 Å². The maximum atomic E-state index is 11.7. The van der Waals surface area contributed by atoms with Gasteiger partial charge in [0.25, 0.3) is 0 Å². The molecule has 1 aromatic heterocycles. The summed E-state index contributed by atoms with van der Waals surface area (Å²) in [5.41, 5.74) is 2.67. The molecule has 28 heavy (non-hydrogen) atoms. The summed E-state index contributed by atoms with van der Waals surface area (Å²) in [4.78, 5) is 20.5. The van der Waals surface area contributed by atoms with Crippen molar-refractivity contribution in [3.63, 3.8) is 0 Å². The Kier molecular flexibility index (Phi) is 5.72. The number of hydrogen-bond acceptors (Lipinski definition) is 7. The fourth-order valence-corrected chi connectivity index (χ4v) is 2.67. The van der Waals surface area contributed by atoms with Crippen molar-refractivity contribution in [1.29, 1.82) is 5.26 Å². The van der Waals surface area contributed by atoms with E-state index < -0.39 is 5.97 Å². The predicted molar refractivity (Wildman–Crippen MR) is 107 cm³/mol. The molecule has 3 aromatic rings. The van der Waals surface area contributed by atoms with Gasteiger partial charge in [0.15, 0.2) is 0 Å². The van der Waals surface area contributed by atoms with E-state index in [1.54, 1.807) is 42.5 Å². The molecule has 3 rings (SSSR count). The van der Waals surface area contributed by atoms with Gasteiger partial charge in [0.1, 0.15) is 11.9 Å². The van der Waals surface area contributed by atoms with E-state index in [4.69, 9.17) is 16.3 Å². The summed E-state index contributed by atoms with van der Waals surface area (Å²) in [5.74, 6) is 0.333. The Morgan fingerprint density at radius 3 is 2.64 bits per heavy atom. The number of nitrogens with zero attached hydrogens (tertiary/aromatic N) is 3. The third kappa shape index (κ3) is 4.37. The number of methoxy groups -OCH3 is 1. The zero-order valence-electron chi connectivity index (χ0n) is 15.2. The molecule has 8 heteroatoms. The molecule has 0 amide bonds. The molecule has 0 fully saturated rings. The van der Waals surface area contributed by atoms with Crippen molar-refractivity contribution in [2.24, 2.45) is 0 Å². The quantitative estimate of drug-likeness (QED) is 0.611. The summed E-state index contributed by atoms with van der Waals surface area (Å²) in [6, 6.07) is 15.7. The molecule has 0 radical (unpaired) electrons. The van der Waals surface area contributed by atoms with Gasteiger partial charge in [-0.05, 0) is 37.3 Å². The van der Waals surface area contributed by atoms with Crippen molar-refractivity contribution in [2.75, 3.05) is 17.7 Å². The number of esters is 1. The van der Waals surface area contributed by atoms with Gasteiger partial charge in [-0.3, -0.25) is 0 Å². The SMILES string of the molecule is COC(=O)c1ccc(Cl)c(Nc2nc(C)cc(Nc3ccccc3C#N)n2)c1. The molecule has 0 aliphatic rings. The molecule has 2 aromatic carbocycles. The standard InChI is InChI=1S/C20H16ClN5O2/c1-12-9-18(24-16-6-4-3-5-14(16)11-22)26-20(23-12)25-17-10-13(19(27)28-2)7-8-15(17)21/h3-10H,1-2H3,(H2,23,24,25,26). The molecule has 0 atom stereocenters. The Morgan fingerprint density at radius 1 is 1.11 bits per heavy atom. The van der Waals surface area contributed by atoms with Gasteiger partial charge in [-0.15, -0.1) is 0 Å². The number of ether oxygens (including phenoxy) is 1. The summed E-state index contributed by atoms with van der Waals surface area (Å²) in [6.45, 7) is 1.82. The van der Waals surface area contributed by atoms with Crippen LogP contribution in [0.25, 0.3) is 0 Å². The zero-order chi connectivity index (χ0) is 20.1. The molecule has 140 valence electrons. The highest BCUT2D eigenvalue weighted by Gasteiger charge is 2.11. The first-order valence-corrected chi connectivity index (χ1v) is 8.64. The van der Waals surface area contributed by atoms with Gasteiger partial charge in [-0.1, -0.05) is 23.7 Å². The maximum absolute atomic E-state index is 11.7. The molecule has 0 bridgehead atoms. The van der Waals surface area contributed by atoms with Crippen molar-refractivity contribution in [3.8, 4) is 6.07 Å². The molecular formula is C20H16ClN5O2. The molecule has 0 saturated carbocycles. The van der Waals surface area contributed by atoms with Crippen LogP contribution in [0, 0.1) is 18.3 Å². The zero-order valence-corrected chi connectivity index (χ0v) is 15.9. The minimum absolute atomic E-state index is 0.292. The molecule has 0 unspecified atom stereocenters. The number of carbonyl (C=O) groups excluding carboxylic acids is 1. The third-order valence-corrected chi connectivity index (χ3v) is 4.13. The average Bonchev–Trinajstić information content (AvgIpc) is 2.69. The van der Waals surface area contributed by atoms with E-state index in [9.17, 15) is 10.1 Å². The normalized spacial score (nSPS) is 10.1. The summed E-state index contributed by atoms with van der Waals surface area (Å²) in [7, 11) is 1.31. The molecule has 0 saturated heterocycles. The Balaban J connectivity index is 1.90. The van der Waals surface area contributed by atoms with Gasteiger partial charge in [0, 0.05) is 11.8 Å². The van der Waals surface area contributed by atoms with E-state index >= 15 is 0 Å². The van der Waals surface area contributed by atoms with E-state index in [0.717, 1.165) is 0 Å². The number of hydrogen-bond donors (Lipinski definition) is 2. The summed E-state index contributed by atoms with van der Waals surface area (Å²) in [5, 5.41) is 15.8. The van der Waals surface area contributed by atoms with Crippen molar-refractivity contribution in [2.45, 2.75) is 6.92 Å². The Hall–Kier alpha value is -3.63. The van der Waals surface area contributed by atoms with Crippen LogP contribution in [0.3, 0.4) is 0 Å². The molecule has 0 spiro atoms. The fourth-order valence-electron chi connectivity index (χ4n) is 2.50. The first-order valence-electron chi connectivity index (χ1n) is 8.27. The maximum Gasteiger partial charge on any atom is 0.337 e. The molecule has 0 aliphatic carbocycles. The van der Waals surface area contributed by atoms with E-state index in [0.29, 0.717) is 45.0 Å². The first-order chi connectivity index (χ1) is 13.5. The lowest BCUT2D eigenvalue weighted by Gasteiger charge is -2.12. The largest absolute Gasteiger partial charge is 0.465 e. The van der Waals surface area contributed by atoms with Crippen LogP contribution >= 0.6 is 11.6 Å². The lowest BCUT2D eigenvalue weighted by Crippen LogP contribution is -2.05. The number of rotatable bonds is 5. The predicted octanol–water partition coefficient (Wildman–Crippen LogP) is 4.58. The Labute approximate surface area is 167 Å². The molecule has 0 aliphatic heterocycles. The second kappa shape index (κ2) is 8.37. The summed E-state index contributed by atoms with van der Waals surface area (Å²) in [6.07, 6.45) is 0. The van der Waals surface area contributed by atoms with Crippen LogP contribution in [-0.4, -0.2) is 23.0 Å². The van der Waals surface area contributed by atoms with Gasteiger partial charge >= 0.3 is 5.97 Å². The van der Waals surface area contributed by atoms with Gasteiger partial charge in [0.2, 0.25) is 5.95 Å². The van der Waals surface area contributed by atoms with Gasteiger partial charge in [0.05, 0.1) is 34.6 Å². The van der Waals surface area contributed by atoms with Gasteiger partial charge in [-0.2, -0.15) is 10.2 Å². The van der Waals surface area contributed by atoms with Crippen molar-refractivity contribution < 1.29 is 9.53 Å². The lowest BCUT2D eigenvalue weighted by molar-refractivity contribution is 0.0601. The van der Waals surface area contributed by atoms with Gasteiger partial charge < -0.3 is 15.4 Å². The van der Waals surface area contributed by atoms with Crippen LogP contribution in [0.1, 0.15) is 21.6 Å². The molecule has 7 nitrogen and oxygen atoms in total. The van der Waals surface area contributed by atoms with Crippen LogP contribution in [0.5, 0.6) is 0 Å². The van der Waals surface area contributed by atoms with Crippen LogP contribution in [0.2, 0.25) is 5.02 Å². The Morgan fingerprint density at radius 2 is 1.89 bits per heavy atom. The number of anilines is 4. The highest BCUT2D eigenvalue weighted by Crippen LogP contribution is 2.27. The number of benzene rings is 2. The Bertz CT molecular complexity index is 1080. The number of carbonyl (C=O) groups is 1. The highest BCUT2D eigenvalue weighted by atomic mass is 35.5. The second-order valence-electron chi connectivity index (χ2n) is 5.81. The van der Waals surface area contributed by atoms with Crippen LogP contribution in [0.4, 0.5) is 23.1 Å². The minimum atomic E-state index is -0.472. The lowest BCUT2D eigenvalue weighted by atomic mass is 10.2. The van der Waals surface area contributed by atoms with Crippen molar-refractivity contribution in [1.82, 2.24) is 9.97 Å². The van der Waals surface area contributed by atoms with E-state index in [2.05, 4.69) is 26.7 Å². The van der Waals surface area contributed by atoms with E-state index in [-0.39, 0.29) is 0 Å². The average molecular weight is 394 g/mol. The molecule has 2 N–H and O–H groups in total. The minimum Gasteiger partial charge on any atom is -0.465 e. The number of aryl methyl sites for hydroxylation is 1. The number of nitriles is 1. The third-order valence-electron chi connectivity index (χ3n) is 3.80. The topological polar surface area (TPSA) is 99.9 Å². The monoisotopic (exact) mass is 393 g/mol. The van der Waals surface area contributed by atoms with Crippen LogP contribution in [-0.2, 0) is 4.74 Å².